The van der Waals surface area contributed by atoms with Gasteiger partial charge in [0.25, 0.3) is 0 Å². The number of thioether (sulfide) groups is 1. The van der Waals surface area contributed by atoms with E-state index in [1.54, 1.807) is 0 Å². The second-order valence-corrected chi connectivity index (χ2v) is 4.84. The molecule has 0 aliphatic heterocycles. The molecule has 2 unspecified atom stereocenters. The first-order chi connectivity index (χ1) is 7.13. The topological polar surface area (TPSA) is 95.6 Å². The number of primary amides is 1. The molecule has 0 bridgehead atoms. The predicted molar refractivity (Wildman–Crippen MR) is 59.6 cm³/mol. The lowest BCUT2D eigenvalue weighted by molar-refractivity contribution is -0.119. The summed E-state index contributed by atoms with van der Waals surface area (Å²) in [6.07, 6.45) is 1.49. The van der Waals surface area contributed by atoms with Gasteiger partial charge >= 0.3 is 0 Å². The Morgan fingerprint density at radius 3 is 2.67 bits per heavy atom. The van der Waals surface area contributed by atoms with E-state index in [0.717, 1.165) is 12.8 Å². The van der Waals surface area contributed by atoms with Crippen LogP contribution < -0.4 is 11.1 Å². The van der Waals surface area contributed by atoms with Gasteiger partial charge in [0.2, 0.25) is 5.91 Å². The van der Waals surface area contributed by atoms with Crippen molar-refractivity contribution >= 4 is 17.7 Å². The smallest absolute Gasteiger partial charge is 0.235 e. The van der Waals surface area contributed by atoms with Crippen LogP contribution in [0.4, 0.5) is 0 Å². The van der Waals surface area contributed by atoms with E-state index in [0.29, 0.717) is 17.5 Å². The van der Waals surface area contributed by atoms with Gasteiger partial charge in [0.1, 0.15) is 0 Å². The van der Waals surface area contributed by atoms with Gasteiger partial charge in [-0.15, -0.1) is 0 Å². The van der Waals surface area contributed by atoms with Gasteiger partial charge in [-0.25, -0.2) is 0 Å². The predicted octanol–water partition coefficient (Wildman–Crippen LogP) is -1.32. The number of nitrogens with two attached hydrogens (primary N) is 1. The summed E-state index contributed by atoms with van der Waals surface area (Å²) in [5.41, 5.74) is 5.24. The van der Waals surface area contributed by atoms with Crippen molar-refractivity contribution in [3.05, 3.63) is 0 Å². The van der Waals surface area contributed by atoms with Gasteiger partial charge < -0.3 is 21.3 Å². The first-order valence-corrected chi connectivity index (χ1v) is 6.21. The average Bonchev–Trinajstić information content (AvgIpc) is 2.99. The molecule has 0 heterocycles. The van der Waals surface area contributed by atoms with Crippen LogP contribution in [0.5, 0.6) is 0 Å². The van der Waals surface area contributed by atoms with Crippen molar-refractivity contribution in [2.75, 3.05) is 18.1 Å². The maximum absolute atomic E-state index is 11.0. The van der Waals surface area contributed by atoms with Crippen LogP contribution in [0.1, 0.15) is 12.8 Å². The lowest BCUT2D eigenvalue weighted by atomic mass is 10.3. The summed E-state index contributed by atoms with van der Waals surface area (Å²) >= 11 is 1.42. The molecule has 1 saturated carbocycles. The molecule has 0 saturated heterocycles. The molecule has 1 amide bonds. The molecular formula is C9H18N2O3S. The number of aliphatic hydroxyl groups is 2. The van der Waals surface area contributed by atoms with Crippen molar-refractivity contribution in [3.63, 3.8) is 0 Å². The highest BCUT2D eigenvalue weighted by atomic mass is 32.2. The Labute approximate surface area is 93.4 Å². The molecule has 1 fully saturated rings. The van der Waals surface area contributed by atoms with E-state index < -0.39 is 6.10 Å². The fraction of sp³-hybridized carbons (Fsp3) is 0.889. The minimum absolute atomic E-state index is 0.246. The Kier molecular flexibility index (Phi) is 5.38. The van der Waals surface area contributed by atoms with Crippen LogP contribution in [0.3, 0.4) is 0 Å². The number of rotatable bonds is 8. The minimum atomic E-state index is -0.718. The Bertz CT molecular complexity index is 212. The van der Waals surface area contributed by atoms with Gasteiger partial charge in [-0.2, -0.15) is 11.8 Å². The van der Waals surface area contributed by atoms with Crippen LogP contribution >= 0.6 is 11.8 Å². The summed E-state index contributed by atoms with van der Waals surface area (Å²) in [6.45, 7) is -0.246. The van der Waals surface area contributed by atoms with E-state index in [1.807, 2.05) is 0 Å². The van der Waals surface area contributed by atoms with Crippen LogP contribution in [-0.2, 0) is 4.79 Å². The molecule has 0 aromatic heterocycles. The quantitative estimate of drug-likeness (QED) is 0.418. The lowest BCUT2D eigenvalue weighted by Gasteiger charge is -2.15. The van der Waals surface area contributed by atoms with Crippen molar-refractivity contribution in [1.29, 1.82) is 0 Å². The second kappa shape index (κ2) is 6.32. The van der Waals surface area contributed by atoms with Gasteiger partial charge in [-0.05, 0) is 12.8 Å². The van der Waals surface area contributed by atoms with E-state index in [4.69, 9.17) is 15.9 Å². The summed E-state index contributed by atoms with van der Waals surface area (Å²) < 4.78 is 0. The zero-order valence-electron chi connectivity index (χ0n) is 8.56. The maximum atomic E-state index is 11.0. The monoisotopic (exact) mass is 234 g/mol. The third kappa shape index (κ3) is 5.36. The molecule has 6 heteroatoms. The van der Waals surface area contributed by atoms with Crippen LogP contribution in [-0.4, -0.2) is 52.4 Å². The highest BCUT2D eigenvalue weighted by Gasteiger charge is 2.27. The van der Waals surface area contributed by atoms with Gasteiger partial charge in [-0.3, -0.25) is 4.79 Å². The van der Waals surface area contributed by atoms with Crippen molar-refractivity contribution < 1.29 is 15.0 Å². The van der Waals surface area contributed by atoms with Crippen LogP contribution in [0, 0.1) is 0 Å². The van der Waals surface area contributed by atoms with Gasteiger partial charge in [0.05, 0.1) is 18.8 Å². The molecule has 5 N–H and O–H groups in total. The van der Waals surface area contributed by atoms with Crippen LogP contribution in [0.25, 0.3) is 0 Å². The van der Waals surface area contributed by atoms with Crippen molar-refractivity contribution in [2.24, 2.45) is 5.73 Å². The molecule has 0 aromatic carbocycles. The largest absolute Gasteiger partial charge is 0.394 e. The minimum Gasteiger partial charge on any atom is -0.394 e. The highest BCUT2D eigenvalue weighted by molar-refractivity contribution is 7.99. The molecule has 88 valence electrons. The second-order valence-electron chi connectivity index (χ2n) is 3.77. The van der Waals surface area contributed by atoms with Crippen molar-refractivity contribution in [3.8, 4) is 0 Å². The van der Waals surface area contributed by atoms with E-state index >= 15 is 0 Å². The maximum Gasteiger partial charge on any atom is 0.235 e. The van der Waals surface area contributed by atoms with Gasteiger partial charge in [0.15, 0.2) is 0 Å². The molecule has 0 aromatic rings. The number of hydrogen-bond acceptors (Lipinski definition) is 5. The van der Waals surface area contributed by atoms with Crippen LogP contribution in [0.2, 0.25) is 0 Å². The number of hydrogen-bond donors (Lipinski definition) is 4. The summed E-state index contributed by atoms with van der Waals surface area (Å²) in [4.78, 5) is 11.0. The summed E-state index contributed by atoms with van der Waals surface area (Å²) in [5.74, 6) is 0.614. The van der Waals surface area contributed by atoms with Gasteiger partial charge in [0, 0.05) is 17.5 Å². The number of aliphatic hydroxyl groups excluding tert-OH is 2. The molecule has 1 aliphatic rings. The molecular weight excluding hydrogens is 216 g/mol. The number of carbonyl (C=O) groups excluding carboxylic acids is 1. The fourth-order valence-electron chi connectivity index (χ4n) is 1.12. The molecule has 1 rings (SSSR count). The molecule has 2 atom stereocenters. The van der Waals surface area contributed by atoms with Crippen molar-refractivity contribution in [1.82, 2.24) is 5.32 Å². The molecule has 1 aliphatic carbocycles. The fourth-order valence-corrected chi connectivity index (χ4v) is 2.13. The van der Waals surface area contributed by atoms with E-state index in [-0.39, 0.29) is 18.6 Å². The average molecular weight is 234 g/mol. The Balaban J connectivity index is 2.15. The SMILES string of the molecule is NC(=O)C(CSCC(O)CO)NC1CC1. The third-order valence-corrected chi connectivity index (χ3v) is 3.35. The summed E-state index contributed by atoms with van der Waals surface area (Å²) in [6, 6.07) is 0.110. The number of amides is 1. The third-order valence-electron chi connectivity index (χ3n) is 2.16. The summed E-state index contributed by atoms with van der Waals surface area (Å²) in [7, 11) is 0. The highest BCUT2D eigenvalue weighted by Crippen LogP contribution is 2.20. The standard InChI is InChI=1S/C9H18N2O3S/c10-9(14)8(11-6-1-2-6)5-15-4-7(13)3-12/h6-8,11-13H,1-5H2,(H2,10,14). The first-order valence-electron chi connectivity index (χ1n) is 5.05. The van der Waals surface area contributed by atoms with Gasteiger partial charge in [-0.1, -0.05) is 0 Å². The Morgan fingerprint density at radius 2 is 2.20 bits per heavy atom. The molecule has 15 heavy (non-hydrogen) atoms. The number of carbonyl (C=O) groups is 1. The van der Waals surface area contributed by atoms with E-state index in [9.17, 15) is 4.79 Å². The normalized spacial score (nSPS) is 19.9. The Hall–Kier alpha value is -0.300. The molecule has 0 spiro atoms. The zero-order valence-corrected chi connectivity index (χ0v) is 9.37. The summed E-state index contributed by atoms with van der Waals surface area (Å²) in [5, 5.41) is 20.8. The Morgan fingerprint density at radius 1 is 1.53 bits per heavy atom. The van der Waals surface area contributed by atoms with E-state index in [1.165, 1.54) is 11.8 Å². The zero-order chi connectivity index (χ0) is 11.3. The first kappa shape index (κ1) is 12.8. The van der Waals surface area contributed by atoms with E-state index in [2.05, 4.69) is 5.32 Å². The molecule has 5 nitrogen and oxygen atoms in total. The van der Waals surface area contributed by atoms with Crippen LogP contribution in [0.15, 0.2) is 0 Å². The lowest BCUT2D eigenvalue weighted by Crippen LogP contribution is -2.44. The molecule has 0 radical (unpaired) electrons. The number of nitrogens with one attached hydrogen (secondary N) is 1. The van der Waals surface area contributed by atoms with Crippen molar-refractivity contribution in [2.45, 2.75) is 31.0 Å².